The number of carbonyl (C=O) groups excluding carboxylic acids is 1. The zero-order valence-electron chi connectivity index (χ0n) is 12.8. The minimum absolute atomic E-state index is 0. The van der Waals surface area contributed by atoms with Crippen LogP contribution in [0, 0.1) is 0 Å². The largest absolute Gasteiger partial charge is 0.340 e. The maximum absolute atomic E-state index is 12.4. The highest BCUT2D eigenvalue weighted by molar-refractivity contribution is 7.89. The van der Waals surface area contributed by atoms with Gasteiger partial charge < -0.3 is 10.2 Å². The summed E-state index contributed by atoms with van der Waals surface area (Å²) in [6.07, 6.45) is 3.32. The summed E-state index contributed by atoms with van der Waals surface area (Å²) in [5.41, 5.74) is 0. The van der Waals surface area contributed by atoms with Crippen molar-refractivity contribution in [2.75, 3.05) is 39.8 Å². The number of amides is 1. The van der Waals surface area contributed by atoms with Crippen molar-refractivity contribution in [2.24, 2.45) is 0 Å². The van der Waals surface area contributed by atoms with Gasteiger partial charge in [-0.15, -0.1) is 24.8 Å². The molecule has 0 aliphatic carbocycles. The average molecular weight is 385 g/mol. The molecule has 1 aromatic rings. The molecule has 7 nitrogen and oxygen atoms in total. The smallest absolute Gasteiger partial charge is 0.244 e. The third kappa shape index (κ3) is 5.58. The van der Waals surface area contributed by atoms with Crippen LogP contribution in [-0.4, -0.2) is 68.3 Å². The molecule has 2 heterocycles. The topological polar surface area (TPSA) is 82.6 Å². The van der Waals surface area contributed by atoms with Gasteiger partial charge in [0.25, 0.3) is 0 Å². The highest BCUT2D eigenvalue weighted by Crippen LogP contribution is 2.16. The molecule has 1 amide bonds. The summed E-state index contributed by atoms with van der Waals surface area (Å²) in [7, 11) is -1.71. The van der Waals surface area contributed by atoms with Crippen LogP contribution in [-0.2, 0) is 14.8 Å². The molecule has 0 saturated carbocycles. The molecule has 0 unspecified atom stereocenters. The van der Waals surface area contributed by atoms with Crippen LogP contribution in [0.2, 0.25) is 0 Å². The Morgan fingerprint density at radius 3 is 2.43 bits per heavy atom. The van der Waals surface area contributed by atoms with Crippen molar-refractivity contribution in [3.63, 3.8) is 0 Å². The number of hydrogen-bond acceptors (Lipinski definition) is 5. The number of aromatic nitrogens is 1. The Morgan fingerprint density at radius 1 is 1.26 bits per heavy atom. The molecule has 1 aromatic heterocycles. The molecular weight excluding hydrogens is 363 g/mol. The van der Waals surface area contributed by atoms with E-state index in [1.54, 1.807) is 18.0 Å². The molecule has 1 N–H and O–H groups in total. The molecule has 0 aromatic carbocycles. The molecule has 0 atom stereocenters. The van der Waals surface area contributed by atoms with Gasteiger partial charge in [-0.2, -0.15) is 4.31 Å². The molecule has 1 fully saturated rings. The number of hydrogen-bond donors (Lipinski definition) is 1. The summed E-state index contributed by atoms with van der Waals surface area (Å²) >= 11 is 0. The van der Waals surface area contributed by atoms with Crippen molar-refractivity contribution in [3.8, 4) is 0 Å². The molecule has 10 heteroatoms. The maximum atomic E-state index is 12.4. The summed E-state index contributed by atoms with van der Waals surface area (Å²) in [6, 6.07) is 3.14. The summed E-state index contributed by atoms with van der Waals surface area (Å²) in [4.78, 5) is 17.6. The van der Waals surface area contributed by atoms with Crippen LogP contribution in [0.25, 0.3) is 0 Å². The van der Waals surface area contributed by atoms with Crippen LogP contribution in [0.3, 0.4) is 0 Å². The van der Waals surface area contributed by atoms with Crippen LogP contribution in [0.5, 0.6) is 0 Å². The fourth-order valence-corrected chi connectivity index (χ4v) is 3.60. The minimum Gasteiger partial charge on any atom is -0.340 e. The van der Waals surface area contributed by atoms with Gasteiger partial charge in [0.15, 0.2) is 0 Å². The van der Waals surface area contributed by atoms with Gasteiger partial charge in [-0.3, -0.25) is 9.78 Å². The molecular formula is C13H22Cl2N4O3S. The summed E-state index contributed by atoms with van der Waals surface area (Å²) in [5, 5.41) is 2.93. The molecule has 0 spiro atoms. The molecule has 2 rings (SSSR count). The van der Waals surface area contributed by atoms with Gasteiger partial charge in [0.05, 0.1) is 0 Å². The molecule has 1 aliphatic heterocycles. The third-order valence-electron chi connectivity index (χ3n) is 3.45. The van der Waals surface area contributed by atoms with E-state index in [2.05, 4.69) is 10.3 Å². The Labute approximate surface area is 149 Å². The zero-order valence-corrected chi connectivity index (χ0v) is 15.3. The highest BCUT2D eigenvalue weighted by Gasteiger charge is 2.29. The van der Waals surface area contributed by atoms with Crippen molar-refractivity contribution in [1.82, 2.24) is 19.5 Å². The van der Waals surface area contributed by atoms with E-state index < -0.39 is 10.0 Å². The van der Waals surface area contributed by atoms with Gasteiger partial charge >= 0.3 is 0 Å². The molecule has 0 radical (unpaired) electrons. The maximum Gasteiger partial charge on any atom is 0.244 e. The van der Waals surface area contributed by atoms with Gasteiger partial charge in [-0.1, -0.05) is 0 Å². The predicted octanol–water partition coefficient (Wildman–Crippen LogP) is 0.368. The van der Waals surface area contributed by atoms with Gasteiger partial charge in [0.1, 0.15) is 4.90 Å². The number of halogens is 2. The second-order valence-electron chi connectivity index (χ2n) is 4.83. The van der Waals surface area contributed by atoms with E-state index >= 15 is 0 Å². The van der Waals surface area contributed by atoms with Crippen molar-refractivity contribution in [2.45, 2.75) is 11.3 Å². The van der Waals surface area contributed by atoms with Gasteiger partial charge in [-0.05, 0) is 19.2 Å². The Morgan fingerprint density at radius 2 is 1.91 bits per heavy atom. The zero-order chi connectivity index (χ0) is 15.3. The molecule has 0 bridgehead atoms. The van der Waals surface area contributed by atoms with Crippen molar-refractivity contribution < 1.29 is 13.2 Å². The van der Waals surface area contributed by atoms with Crippen molar-refractivity contribution in [1.29, 1.82) is 0 Å². The number of carbonyl (C=O) groups is 1. The van der Waals surface area contributed by atoms with E-state index in [-0.39, 0.29) is 35.6 Å². The minimum atomic E-state index is -3.51. The first-order chi connectivity index (χ1) is 10.1. The van der Waals surface area contributed by atoms with Crippen LogP contribution in [0.1, 0.15) is 6.42 Å². The molecule has 23 heavy (non-hydrogen) atoms. The first-order valence-electron chi connectivity index (χ1n) is 6.88. The summed E-state index contributed by atoms with van der Waals surface area (Å²) in [6.45, 7) is 2.14. The second-order valence-corrected chi connectivity index (χ2v) is 6.77. The predicted molar refractivity (Wildman–Crippen MR) is 92.6 cm³/mol. The number of piperazine rings is 1. The lowest BCUT2D eigenvalue weighted by molar-refractivity contribution is -0.132. The SMILES string of the molecule is CNCCC(=O)N1CCN(S(=O)(=O)c2cccnc2)CC1.Cl.Cl. The van der Waals surface area contributed by atoms with Gasteiger partial charge in [-0.25, -0.2) is 8.42 Å². The van der Waals surface area contributed by atoms with Gasteiger partial charge in [0.2, 0.25) is 15.9 Å². The lowest BCUT2D eigenvalue weighted by Gasteiger charge is -2.34. The third-order valence-corrected chi connectivity index (χ3v) is 5.33. The highest BCUT2D eigenvalue weighted by atomic mass is 35.5. The number of nitrogens with zero attached hydrogens (tertiary/aromatic N) is 3. The van der Waals surface area contributed by atoms with E-state index in [9.17, 15) is 13.2 Å². The van der Waals surface area contributed by atoms with E-state index in [1.807, 2.05) is 0 Å². The van der Waals surface area contributed by atoms with Crippen molar-refractivity contribution in [3.05, 3.63) is 24.5 Å². The average Bonchev–Trinajstić information content (AvgIpc) is 2.53. The normalized spacial score (nSPS) is 15.4. The monoisotopic (exact) mass is 384 g/mol. The lowest BCUT2D eigenvalue weighted by Crippen LogP contribution is -2.50. The quantitative estimate of drug-likeness (QED) is 0.792. The van der Waals surface area contributed by atoms with E-state index in [4.69, 9.17) is 0 Å². The Balaban J connectivity index is 0.00000242. The van der Waals surface area contributed by atoms with Crippen molar-refractivity contribution >= 4 is 40.7 Å². The van der Waals surface area contributed by atoms with Crippen LogP contribution in [0.4, 0.5) is 0 Å². The fourth-order valence-electron chi connectivity index (χ4n) is 2.22. The Bertz CT molecular complexity index is 578. The van der Waals surface area contributed by atoms with Crippen LogP contribution < -0.4 is 5.32 Å². The van der Waals surface area contributed by atoms with Gasteiger partial charge in [0, 0.05) is 51.5 Å². The Hall–Kier alpha value is -0.930. The summed E-state index contributed by atoms with van der Waals surface area (Å²) in [5.74, 6) is 0.0581. The molecule has 132 valence electrons. The lowest BCUT2D eigenvalue weighted by atomic mass is 10.3. The first kappa shape index (κ1) is 22.1. The number of sulfonamides is 1. The first-order valence-corrected chi connectivity index (χ1v) is 8.32. The number of pyridine rings is 1. The number of rotatable bonds is 5. The van der Waals surface area contributed by atoms with E-state index in [0.717, 1.165) is 0 Å². The Kier molecular flexibility index (Phi) is 9.64. The second kappa shape index (κ2) is 10.0. The standard InChI is InChI=1S/C13H20N4O3S.2ClH/c1-14-6-4-13(18)16-7-9-17(10-8-16)21(19,20)12-3-2-5-15-11-12;;/h2-3,5,11,14H,4,6-10H2,1H3;2*1H. The molecule has 1 saturated heterocycles. The number of nitrogens with one attached hydrogen (secondary N) is 1. The molecule has 1 aliphatic rings. The van der Waals surface area contributed by atoms with E-state index in [0.29, 0.717) is 39.1 Å². The van der Waals surface area contributed by atoms with E-state index in [1.165, 1.54) is 22.8 Å². The van der Waals surface area contributed by atoms with Crippen LogP contribution >= 0.6 is 24.8 Å². The van der Waals surface area contributed by atoms with Crippen LogP contribution in [0.15, 0.2) is 29.4 Å². The summed E-state index contributed by atoms with van der Waals surface area (Å²) < 4.78 is 26.2. The fraction of sp³-hybridized carbons (Fsp3) is 0.538.